The molecule has 0 aliphatic rings. The van der Waals surface area contributed by atoms with Crippen LogP contribution < -0.4 is 5.73 Å². The van der Waals surface area contributed by atoms with Crippen molar-refractivity contribution in [3.63, 3.8) is 0 Å². The molecule has 0 atom stereocenters. The van der Waals surface area contributed by atoms with Gasteiger partial charge in [-0.15, -0.1) is 0 Å². The van der Waals surface area contributed by atoms with E-state index >= 15 is 0 Å². The van der Waals surface area contributed by atoms with Gasteiger partial charge in [-0.05, 0) is 18.4 Å². The maximum atomic E-state index is 11.5. The Bertz CT molecular complexity index is 629. The summed E-state index contributed by atoms with van der Waals surface area (Å²) in [5.41, 5.74) is 6.35. The number of hydrogen-bond donors (Lipinski definition) is 1. The lowest BCUT2D eigenvalue weighted by Gasteiger charge is -2.10. The lowest BCUT2D eigenvalue weighted by Crippen LogP contribution is -2.14. The molecule has 0 spiro atoms. The van der Waals surface area contributed by atoms with Crippen molar-refractivity contribution in [1.82, 2.24) is 9.97 Å². The van der Waals surface area contributed by atoms with Crippen molar-refractivity contribution in [2.45, 2.75) is 5.16 Å². The number of aromatic nitrogens is 2. The lowest BCUT2D eigenvalue weighted by atomic mass is 10.1. The molecule has 2 N–H and O–H groups in total. The highest BCUT2D eigenvalue weighted by molar-refractivity contribution is 7.98. The van der Waals surface area contributed by atoms with Crippen LogP contribution in [0.5, 0.6) is 0 Å². The van der Waals surface area contributed by atoms with Gasteiger partial charge in [-0.25, -0.2) is 9.97 Å². The molecule has 2 rings (SSSR count). The van der Waals surface area contributed by atoms with Crippen molar-refractivity contribution in [1.29, 1.82) is 0 Å². The van der Waals surface area contributed by atoms with Gasteiger partial charge < -0.3 is 5.73 Å². The number of thioether (sulfide) groups is 1. The van der Waals surface area contributed by atoms with Gasteiger partial charge in [0.25, 0.3) is 5.91 Å². The third-order valence-electron chi connectivity index (χ3n) is 2.41. The summed E-state index contributed by atoms with van der Waals surface area (Å²) in [6.45, 7) is 0. The molecule has 0 bridgehead atoms. The molecule has 1 aromatic heterocycles. The maximum Gasteiger partial charge on any atom is 0.252 e. The minimum Gasteiger partial charge on any atom is -0.365 e. The highest BCUT2D eigenvalue weighted by Crippen LogP contribution is 2.35. The second-order valence-corrected chi connectivity index (χ2v) is 5.17. The number of nitrogens with two attached hydrogens (primary N) is 1. The number of benzene rings is 1. The highest BCUT2D eigenvalue weighted by Gasteiger charge is 2.18. The Morgan fingerprint density at radius 2 is 1.95 bits per heavy atom. The summed E-state index contributed by atoms with van der Waals surface area (Å²) in [5, 5.41) is 1.32. The van der Waals surface area contributed by atoms with E-state index in [4.69, 9.17) is 28.9 Å². The smallest absolute Gasteiger partial charge is 0.252 e. The van der Waals surface area contributed by atoms with Crippen LogP contribution in [0.1, 0.15) is 10.4 Å². The van der Waals surface area contributed by atoms with Crippen LogP contribution in [0.15, 0.2) is 29.6 Å². The second-order valence-electron chi connectivity index (χ2n) is 3.58. The van der Waals surface area contributed by atoms with E-state index in [1.54, 1.807) is 18.2 Å². The number of halogens is 2. The molecule has 0 fully saturated rings. The average molecular weight is 314 g/mol. The Hall–Kier alpha value is -1.30. The fourth-order valence-electron chi connectivity index (χ4n) is 1.56. The molecule has 2 aromatic rings. The van der Waals surface area contributed by atoms with Gasteiger partial charge >= 0.3 is 0 Å². The summed E-state index contributed by atoms with van der Waals surface area (Å²) in [4.78, 5) is 19.8. The van der Waals surface area contributed by atoms with E-state index in [2.05, 4.69) is 9.97 Å². The number of carbonyl (C=O) groups is 1. The molecular formula is C12H9Cl2N3OS. The monoisotopic (exact) mass is 313 g/mol. The van der Waals surface area contributed by atoms with Gasteiger partial charge in [-0.2, -0.15) is 0 Å². The van der Waals surface area contributed by atoms with Crippen LogP contribution in [0.3, 0.4) is 0 Å². The summed E-state index contributed by atoms with van der Waals surface area (Å²) in [6.07, 6.45) is 3.22. The Morgan fingerprint density at radius 1 is 1.32 bits per heavy atom. The molecule has 0 radical (unpaired) electrons. The Balaban J connectivity index is 2.75. The molecule has 1 aromatic carbocycles. The van der Waals surface area contributed by atoms with E-state index in [9.17, 15) is 4.79 Å². The second kappa shape index (κ2) is 5.77. The molecule has 7 heteroatoms. The molecule has 0 saturated carbocycles. The van der Waals surface area contributed by atoms with Gasteiger partial charge in [0.15, 0.2) is 5.16 Å². The lowest BCUT2D eigenvalue weighted by molar-refractivity contribution is 0.1000. The number of nitrogens with zero attached hydrogens (tertiary/aromatic N) is 2. The van der Waals surface area contributed by atoms with Crippen LogP contribution in [-0.2, 0) is 0 Å². The van der Waals surface area contributed by atoms with E-state index in [1.807, 2.05) is 6.26 Å². The van der Waals surface area contributed by atoms with Crippen molar-refractivity contribution >= 4 is 40.9 Å². The van der Waals surface area contributed by atoms with Crippen molar-refractivity contribution in [3.8, 4) is 11.3 Å². The zero-order chi connectivity index (χ0) is 14.0. The third kappa shape index (κ3) is 2.83. The molecule has 19 heavy (non-hydrogen) atoms. The van der Waals surface area contributed by atoms with Crippen molar-refractivity contribution in [2.75, 3.05) is 6.26 Å². The Labute approximate surface area is 124 Å². The van der Waals surface area contributed by atoms with Crippen LogP contribution in [0.4, 0.5) is 0 Å². The summed E-state index contributed by atoms with van der Waals surface area (Å²) < 4.78 is 0. The van der Waals surface area contributed by atoms with E-state index in [0.29, 0.717) is 26.5 Å². The minimum absolute atomic E-state index is 0.188. The van der Waals surface area contributed by atoms with Gasteiger partial charge in [0.1, 0.15) is 0 Å². The zero-order valence-corrected chi connectivity index (χ0v) is 12.2. The molecule has 0 saturated heterocycles. The summed E-state index contributed by atoms with van der Waals surface area (Å²) >= 11 is 13.6. The molecule has 4 nitrogen and oxygen atoms in total. The normalized spacial score (nSPS) is 10.5. The fraction of sp³-hybridized carbons (Fsp3) is 0.0833. The Kier molecular flexibility index (Phi) is 4.29. The fourth-order valence-corrected chi connectivity index (χ4v) is 2.48. The van der Waals surface area contributed by atoms with Crippen LogP contribution in [0.25, 0.3) is 11.3 Å². The van der Waals surface area contributed by atoms with Gasteiger partial charge in [-0.1, -0.05) is 41.0 Å². The van der Waals surface area contributed by atoms with Crippen LogP contribution in [0, 0.1) is 0 Å². The predicted molar refractivity (Wildman–Crippen MR) is 77.8 cm³/mol. The van der Waals surface area contributed by atoms with Gasteiger partial charge in [-0.3, -0.25) is 4.79 Å². The molecule has 98 valence electrons. The van der Waals surface area contributed by atoms with Gasteiger partial charge in [0.05, 0.1) is 21.3 Å². The third-order valence-corrected chi connectivity index (χ3v) is 3.61. The Morgan fingerprint density at radius 3 is 2.47 bits per heavy atom. The number of rotatable bonds is 3. The first kappa shape index (κ1) is 14.1. The van der Waals surface area contributed by atoms with Crippen LogP contribution in [-0.4, -0.2) is 22.1 Å². The first-order valence-electron chi connectivity index (χ1n) is 5.19. The topological polar surface area (TPSA) is 68.9 Å². The van der Waals surface area contributed by atoms with Crippen molar-refractivity contribution < 1.29 is 4.79 Å². The van der Waals surface area contributed by atoms with Gasteiger partial charge in [0, 0.05) is 11.8 Å². The minimum atomic E-state index is -0.626. The van der Waals surface area contributed by atoms with Crippen molar-refractivity contribution in [3.05, 3.63) is 40.0 Å². The van der Waals surface area contributed by atoms with E-state index in [0.717, 1.165) is 0 Å². The number of primary amides is 1. The van der Waals surface area contributed by atoms with Crippen LogP contribution in [0.2, 0.25) is 10.0 Å². The number of carbonyl (C=O) groups excluding carboxylic acids is 1. The molecule has 0 aliphatic carbocycles. The standard InChI is InChI=1S/C12H9Cl2N3OS/c1-19-12-16-5-6(11(15)18)10(17-12)9-7(13)3-2-4-8(9)14/h2-5H,1H3,(H2,15,18). The van der Waals surface area contributed by atoms with Crippen LogP contribution >= 0.6 is 35.0 Å². The average Bonchev–Trinajstić information content (AvgIpc) is 2.38. The quantitative estimate of drug-likeness (QED) is 0.697. The van der Waals surface area contributed by atoms with Gasteiger partial charge in [0.2, 0.25) is 0 Å². The van der Waals surface area contributed by atoms with Crippen molar-refractivity contribution in [2.24, 2.45) is 5.73 Å². The SMILES string of the molecule is CSc1ncc(C(N)=O)c(-c2c(Cl)cccc2Cl)n1. The molecule has 0 unspecified atom stereocenters. The van der Waals surface area contributed by atoms with E-state index in [1.165, 1.54) is 18.0 Å². The summed E-state index contributed by atoms with van der Waals surface area (Å²) in [7, 11) is 0. The zero-order valence-electron chi connectivity index (χ0n) is 9.85. The molecule has 1 heterocycles. The number of hydrogen-bond acceptors (Lipinski definition) is 4. The summed E-state index contributed by atoms with van der Waals surface area (Å²) in [5.74, 6) is -0.626. The van der Waals surface area contributed by atoms with E-state index in [-0.39, 0.29) is 5.56 Å². The maximum absolute atomic E-state index is 11.5. The molecule has 1 amide bonds. The first-order valence-corrected chi connectivity index (χ1v) is 7.18. The molecular weight excluding hydrogens is 305 g/mol. The predicted octanol–water partition coefficient (Wildman–Crippen LogP) is 3.27. The first-order chi connectivity index (χ1) is 9.04. The largest absolute Gasteiger partial charge is 0.365 e. The van der Waals surface area contributed by atoms with E-state index < -0.39 is 5.91 Å². The highest BCUT2D eigenvalue weighted by atomic mass is 35.5. The summed E-state index contributed by atoms with van der Waals surface area (Å²) in [6, 6.07) is 5.07. The molecule has 0 aliphatic heterocycles. The number of amides is 1.